The van der Waals surface area contributed by atoms with Crippen LogP contribution >= 0.6 is 11.3 Å². The van der Waals surface area contributed by atoms with Crippen LogP contribution < -0.4 is 5.32 Å². The summed E-state index contributed by atoms with van der Waals surface area (Å²) >= 11 is 1.49. The highest BCUT2D eigenvalue weighted by Crippen LogP contribution is 2.12. The summed E-state index contributed by atoms with van der Waals surface area (Å²) in [5.74, 6) is 5.18. The zero-order valence-corrected chi connectivity index (χ0v) is 11.8. The Balaban J connectivity index is 2.17. The van der Waals surface area contributed by atoms with E-state index >= 15 is 0 Å². The number of aliphatic hydroxyl groups excluding tert-OH is 1. The van der Waals surface area contributed by atoms with Gasteiger partial charge in [0.1, 0.15) is 6.61 Å². The van der Waals surface area contributed by atoms with Gasteiger partial charge in [0.15, 0.2) is 0 Å². The van der Waals surface area contributed by atoms with E-state index in [0.29, 0.717) is 17.7 Å². The van der Waals surface area contributed by atoms with Crippen LogP contribution in [0.2, 0.25) is 0 Å². The Labute approximate surface area is 121 Å². The van der Waals surface area contributed by atoms with Crippen molar-refractivity contribution in [1.82, 2.24) is 10.3 Å². The first-order valence-corrected chi connectivity index (χ1v) is 6.94. The van der Waals surface area contributed by atoms with Crippen molar-refractivity contribution in [2.24, 2.45) is 0 Å². The molecule has 0 aliphatic heterocycles. The van der Waals surface area contributed by atoms with Gasteiger partial charge in [-0.15, -0.1) is 11.3 Å². The molecule has 0 unspecified atom stereocenters. The number of carbonyl (C=O) groups excluding carboxylic acids is 1. The molecule has 0 atom stereocenters. The summed E-state index contributed by atoms with van der Waals surface area (Å²) in [5.41, 5.74) is 3.86. The lowest BCUT2D eigenvalue weighted by Crippen LogP contribution is -2.23. The molecule has 1 amide bonds. The van der Waals surface area contributed by atoms with Crippen molar-refractivity contribution in [3.05, 3.63) is 51.5 Å². The molecule has 4 nitrogen and oxygen atoms in total. The molecule has 0 aliphatic rings. The van der Waals surface area contributed by atoms with Crippen molar-refractivity contribution >= 4 is 17.2 Å². The van der Waals surface area contributed by atoms with Crippen molar-refractivity contribution in [3.8, 4) is 11.8 Å². The van der Waals surface area contributed by atoms with E-state index in [1.807, 2.05) is 13.0 Å². The lowest BCUT2D eigenvalue weighted by molar-refractivity contribution is 0.0951. The van der Waals surface area contributed by atoms with Gasteiger partial charge in [-0.2, -0.15) is 0 Å². The molecule has 0 fully saturated rings. The highest BCUT2D eigenvalue weighted by molar-refractivity contribution is 7.09. The maximum atomic E-state index is 12.2. The number of nitrogens with zero attached hydrogens (tertiary/aromatic N) is 1. The second kappa shape index (κ2) is 6.85. The highest BCUT2D eigenvalue weighted by Gasteiger charge is 2.10. The molecule has 0 aliphatic carbocycles. The molecule has 0 radical (unpaired) electrons. The molecule has 0 bridgehead atoms. The summed E-state index contributed by atoms with van der Waals surface area (Å²) < 4.78 is 0. The van der Waals surface area contributed by atoms with Crippen LogP contribution in [-0.2, 0) is 6.54 Å². The quantitative estimate of drug-likeness (QED) is 0.845. The monoisotopic (exact) mass is 286 g/mol. The van der Waals surface area contributed by atoms with Crippen LogP contribution in [0.1, 0.15) is 26.4 Å². The van der Waals surface area contributed by atoms with Crippen LogP contribution in [0.3, 0.4) is 0 Å². The van der Waals surface area contributed by atoms with Crippen LogP contribution in [0.4, 0.5) is 0 Å². The third-order valence-corrected chi connectivity index (χ3v) is 3.41. The minimum absolute atomic E-state index is 0.177. The zero-order valence-electron chi connectivity index (χ0n) is 11.0. The number of aryl methyl sites for hydroxylation is 1. The van der Waals surface area contributed by atoms with Crippen molar-refractivity contribution in [1.29, 1.82) is 0 Å². The lowest BCUT2D eigenvalue weighted by Gasteiger charge is -2.07. The minimum atomic E-state index is -0.226. The second-order valence-electron chi connectivity index (χ2n) is 4.16. The largest absolute Gasteiger partial charge is 0.384 e. The fourth-order valence-corrected chi connectivity index (χ4v) is 2.22. The van der Waals surface area contributed by atoms with Crippen molar-refractivity contribution in [2.45, 2.75) is 13.5 Å². The van der Waals surface area contributed by atoms with Gasteiger partial charge in [-0.25, -0.2) is 0 Å². The molecule has 2 aromatic rings. The Hall–Kier alpha value is -2.16. The average Bonchev–Trinajstić information content (AvgIpc) is 2.96. The summed E-state index contributed by atoms with van der Waals surface area (Å²) in [6.45, 7) is 2.14. The van der Waals surface area contributed by atoms with Crippen molar-refractivity contribution < 1.29 is 9.90 Å². The standard InChI is InChI=1S/C15H14N2O2S/c1-11-4-5-12(3-2-6-18)14(7-11)15(19)17-9-13-8-16-10-20-13/h4-5,7-8,10,18H,6,9H2,1H3,(H,17,19). The number of rotatable bonds is 3. The molecule has 2 rings (SSSR count). The molecule has 0 saturated heterocycles. The third-order valence-electron chi connectivity index (χ3n) is 2.63. The summed E-state index contributed by atoms with van der Waals surface area (Å²) in [4.78, 5) is 17.2. The first kappa shape index (κ1) is 14.3. The maximum absolute atomic E-state index is 12.2. The van der Waals surface area contributed by atoms with Gasteiger partial charge in [0.05, 0.1) is 17.6 Å². The van der Waals surface area contributed by atoms with Crippen LogP contribution in [0.5, 0.6) is 0 Å². The topological polar surface area (TPSA) is 62.2 Å². The van der Waals surface area contributed by atoms with Crippen LogP contribution in [0.15, 0.2) is 29.9 Å². The van der Waals surface area contributed by atoms with E-state index in [-0.39, 0.29) is 12.5 Å². The van der Waals surface area contributed by atoms with Gasteiger partial charge in [-0.3, -0.25) is 9.78 Å². The Bertz CT molecular complexity index is 654. The predicted molar refractivity (Wildman–Crippen MR) is 78.4 cm³/mol. The summed E-state index contributed by atoms with van der Waals surface area (Å²) in [7, 11) is 0. The van der Waals surface area contributed by atoms with Gasteiger partial charge < -0.3 is 10.4 Å². The van der Waals surface area contributed by atoms with E-state index in [9.17, 15) is 4.79 Å². The number of amides is 1. The van der Waals surface area contributed by atoms with E-state index in [0.717, 1.165) is 10.4 Å². The number of thiazole rings is 1. The molecule has 2 N–H and O–H groups in total. The third kappa shape index (κ3) is 3.67. The van der Waals surface area contributed by atoms with Gasteiger partial charge in [0.25, 0.3) is 5.91 Å². The number of nitrogens with one attached hydrogen (secondary N) is 1. The van der Waals surface area contributed by atoms with Crippen molar-refractivity contribution in [3.63, 3.8) is 0 Å². The zero-order chi connectivity index (χ0) is 14.4. The molecule has 102 valence electrons. The molecule has 20 heavy (non-hydrogen) atoms. The average molecular weight is 286 g/mol. The molecule has 1 heterocycles. The fraction of sp³-hybridized carbons (Fsp3) is 0.200. The van der Waals surface area contributed by atoms with E-state index in [1.54, 1.807) is 23.8 Å². The Morgan fingerprint density at radius 3 is 3.05 bits per heavy atom. The van der Waals surface area contributed by atoms with Gasteiger partial charge in [0, 0.05) is 16.6 Å². The van der Waals surface area contributed by atoms with E-state index in [1.165, 1.54) is 11.3 Å². The van der Waals surface area contributed by atoms with E-state index in [2.05, 4.69) is 22.1 Å². The fourth-order valence-electron chi connectivity index (χ4n) is 1.68. The molecule has 0 saturated carbocycles. The van der Waals surface area contributed by atoms with Gasteiger partial charge >= 0.3 is 0 Å². The Morgan fingerprint density at radius 1 is 1.50 bits per heavy atom. The SMILES string of the molecule is Cc1ccc(C#CCO)c(C(=O)NCc2cncs2)c1. The number of hydrogen-bond donors (Lipinski definition) is 2. The van der Waals surface area contributed by atoms with Gasteiger partial charge in [-0.05, 0) is 19.1 Å². The van der Waals surface area contributed by atoms with E-state index < -0.39 is 0 Å². The molecule has 0 spiro atoms. The van der Waals surface area contributed by atoms with Crippen molar-refractivity contribution in [2.75, 3.05) is 6.61 Å². The first-order valence-electron chi connectivity index (χ1n) is 6.06. The molecular weight excluding hydrogens is 272 g/mol. The maximum Gasteiger partial charge on any atom is 0.252 e. The van der Waals surface area contributed by atoms with Crippen LogP contribution in [0, 0.1) is 18.8 Å². The number of hydrogen-bond acceptors (Lipinski definition) is 4. The van der Waals surface area contributed by atoms with Gasteiger partial charge in [0.2, 0.25) is 0 Å². The molecular formula is C15H14N2O2S. The first-order chi connectivity index (χ1) is 9.70. The summed E-state index contributed by atoms with van der Waals surface area (Å²) in [6, 6.07) is 5.48. The Morgan fingerprint density at radius 2 is 2.35 bits per heavy atom. The number of benzene rings is 1. The van der Waals surface area contributed by atoms with Crippen LogP contribution in [-0.4, -0.2) is 22.6 Å². The minimum Gasteiger partial charge on any atom is -0.384 e. The van der Waals surface area contributed by atoms with Gasteiger partial charge in [-0.1, -0.05) is 23.5 Å². The smallest absolute Gasteiger partial charge is 0.252 e. The number of carbonyl (C=O) groups is 1. The molecule has 5 heteroatoms. The van der Waals surface area contributed by atoms with E-state index in [4.69, 9.17) is 5.11 Å². The Kier molecular flexibility index (Phi) is 4.88. The molecule has 1 aromatic carbocycles. The molecule has 1 aromatic heterocycles. The predicted octanol–water partition coefficient (Wildman–Crippen LogP) is 1.73. The number of aliphatic hydroxyl groups is 1. The summed E-state index contributed by atoms with van der Waals surface area (Å²) in [6.07, 6.45) is 1.73. The second-order valence-corrected chi connectivity index (χ2v) is 5.13. The summed E-state index contributed by atoms with van der Waals surface area (Å²) in [5, 5.41) is 11.6. The number of aromatic nitrogens is 1. The normalized spacial score (nSPS) is 9.70. The highest BCUT2D eigenvalue weighted by atomic mass is 32.1. The van der Waals surface area contributed by atoms with Crippen LogP contribution in [0.25, 0.3) is 0 Å². The lowest BCUT2D eigenvalue weighted by atomic mass is 10.0.